The van der Waals surface area contributed by atoms with Crippen molar-refractivity contribution in [3.05, 3.63) is 0 Å². The van der Waals surface area contributed by atoms with E-state index in [4.69, 9.17) is 5.73 Å². The highest BCUT2D eigenvalue weighted by molar-refractivity contribution is 7.92. The third kappa shape index (κ3) is 2.59. The molecule has 2 bridgehead atoms. The van der Waals surface area contributed by atoms with Gasteiger partial charge in [0.15, 0.2) is 9.84 Å². The second-order valence-electron chi connectivity index (χ2n) is 6.78. The van der Waals surface area contributed by atoms with Gasteiger partial charge in [0.1, 0.15) is 0 Å². The van der Waals surface area contributed by atoms with E-state index in [0.29, 0.717) is 18.4 Å². The number of sulfone groups is 1. The number of rotatable bonds is 1. The van der Waals surface area contributed by atoms with Gasteiger partial charge in [0.05, 0.1) is 16.9 Å². The summed E-state index contributed by atoms with van der Waals surface area (Å²) in [6.45, 7) is 3.88. The normalized spacial score (nSPS) is 44.4. The maximum absolute atomic E-state index is 12.8. The summed E-state index contributed by atoms with van der Waals surface area (Å²) < 4.78 is 23.8. The molecule has 5 nitrogen and oxygen atoms in total. The Labute approximate surface area is 133 Å². The Morgan fingerprint density at radius 3 is 2.38 bits per heavy atom. The van der Waals surface area contributed by atoms with Crippen LogP contribution >= 0.6 is 12.4 Å². The Kier molecular flexibility index (Phi) is 4.63. The van der Waals surface area contributed by atoms with E-state index in [1.807, 2.05) is 6.92 Å². The van der Waals surface area contributed by atoms with E-state index < -0.39 is 15.1 Å². The molecule has 2 saturated carbocycles. The molecule has 1 aliphatic heterocycles. The number of carbonyl (C=O) groups is 1. The molecule has 0 aromatic rings. The average Bonchev–Trinajstić information content (AvgIpc) is 2.96. The molecule has 0 radical (unpaired) electrons. The number of hydrogen-bond acceptors (Lipinski definition) is 4. The summed E-state index contributed by atoms with van der Waals surface area (Å²) in [5.41, 5.74) is 6.24. The molecule has 1 saturated heterocycles. The van der Waals surface area contributed by atoms with Crippen molar-refractivity contribution in [2.45, 2.75) is 50.4 Å². The number of halogens is 1. The SMILES string of the molecule is CC1C(C)S(=O)(=O)CCN1C(=O)C1C2CCC(C2)C1N.Cl. The second-order valence-corrected chi connectivity index (χ2v) is 9.26. The Bertz CT molecular complexity index is 522. The zero-order valence-electron chi connectivity index (χ0n) is 12.6. The minimum atomic E-state index is -3.05. The van der Waals surface area contributed by atoms with Crippen LogP contribution in [0.4, 0.5) is 0 Å². The van der Waals surface area contributed by atoms with Gasteiger partial charge < -0.3 is 10.6 Å². The fraction of sp³-hybridized carbons (Fsp3) is 0.929. The van der Waals surface area contributed by atoms with Crippen molar-refractivity contribution in [2.75, 3.05) is 12.3 Å². The van der Waals surface area contributed by atoms with Crippen LogP contribution in [0.1, 0.15) is 33.1 Å². The molecular formula is C14H25ClN2O3S. The van der Waals surface area contributed by atoms with E-state index in [-0.39, 0.29) is 42.1 Å². The van der Waals surface area contributed by atoms with Gasteiger partial charge in [-0.1, -0.05) is 0 Å². The first-order chi connectivity index (χ1) is 9.33. The van der Waals surface area contributed by atoms with Gasteiger partial charge >= 0.3 is 0 Å². The summed E-state index contributed by atoms with van der Waals surface area (Å²) in [7, 11) is -3.05. The zero-order valence-corrected chi connectivity index (χ0v) is 14.2. The number of amides is 1. The largest absolute Gasteiger partial charge is 0.337 e. The van der Waals surface area contributed by atoms with Gasteiger partial charge in [-0.3, -0.25) is 4.79 Å². The van der Waals surface area contributed by atoms with E-state index in [2.05, 4.69) is 0 Å². The first kappa shape index (κ1) is 17.0. The summed E-state index contributed by atoms with van der Waals surface area (Å²) in [5.74, 6) is 1.02. The molecule has 122 valence electrons. The van der Waals surface area contributed by atoms with Crippen molar-refractivity contribution >= 4 is 28.2 Å². The van der Waals surface area contributed by atoms with Gasteiger partial charge in [0.2, 0.25) is 5.91 Å². The van der Waals surface area contributed by atoms with Crippen LogP contribution in [0.3, 0.4) is 0 Å². The number of nitrogens with two attached hydrogens (primary N) is 1. The molecule has 2 N–H and O–H groups in total. The molecular weight excluding hydrogens is 312 g/mol. The van der Waals surface area contributed by atoms with Crippen LogP contribution in [0.15, 0.2) is 0 Å². The van der Waals surface area contributed by atoms with Gasteiger partial charge in [0, 0.05) is 18.6 Å². The van der Waals surface area contributed by atoms with Crippen molar-refractivity contribution in [3.63, 3.8) is 0 Å². The van der Waals surface area contributed by atoms with Crippen molar-refractivity contribution in [1.82, 2.24) is 4.90 Å². The lowest BCUT2D eigenvalue weighted by atomic mass is 9.83. The lowest BCUT2D eigenvalue weighted by Crippen LogP contribution is -2.58. The number of carbonyl (C=O) groups excluding carboxylic acids is 1. The van der Waals surface area contributed by atoms with Crippen LogP contribution in [-0.2, 0) is 14.6 Å². The molecule has 0 aromatic heterocycles. The van der Waals surface area contributed by atoms with Crippen molar-refractivity contribution in [2.24, 2.45) is 23.5 Å². The summed E-state index contributed by atoms with van der Waals surface area (Å²) in [6.07, 6.45) is 3.33. The molecule has 21 heavy (non-hydrogen) atoms. The minimum absolute atomic E-state index is 0. The Morgan fingerprint density at radius 2 is 1.81 bits per heavy atom. The van der Waals surface area contributed by atoms with E-state index in [0.717, 1.165) is 19.3 Å². The molecule has 1 heterocycles. The first-order valence-electron chi connectivity index (χ1n) is 7.60. The summed E-state index contributed by atoms with van der Waals surface area (Å²) in [4.78, 5) is 14.6. The quantitative estimate of drug-likeness (QED) is 0.768. The monoisotopic (exact) mass is 336 g/mol. The maximum atomic E-state index is 12.8. The fourth-order valence-corrected chi connectivity index (χ4v) is 5.94. The van der Waals surface area contributed by atoms with Crippen LogP contribution in [0.2, 0.25) is 0 Å². The molecule has 1 amide bonds. The molecule has 0 spiro atoms. The highest BCUT2D eigenvalue weighted by atomic mass is 35.5. The van der Waals surface area contributed by atoms with Crippen molar-refractivity contribution in [1.29, 1.82) is 0 Å². The standard InChI is InChI=1S/C14H24N2O3S.ClH/c1-8-9(2)20(18,19)6-5-16(8)14(17)12-10-3-4-11(7-10)13(12)15;/h8-13H,3-7,15H2,1-2H3;1H. The number of nitrogens with zero attached hydrogens (tertiary/aromatic N) is 1. The predicted octanol–water partition coefficient (Wildman–Crippen LogP) is 0.816. The molecule has 0 aromatic carbocycles. The highest BCUT2D eigenvalue weighted by Gasteiger charge is 2.51. The van der Waals surface area contributed by atoms with Crippen molar-refractivity contribution in [3.8, 4) is 0 Å². The molecule has 7 heteroatoms. The summed E-state index contributed by atoms with van der Waals surface area (Å²) in [6, 6.07) is -0.269. The average molecular weight is 337 g/mol. The fourth-order valence-electron chi connectivity index (χ4n) is 4.37. The van der Waals surface area contributed by atoms with Crippen LogP contribution in [0, 0.1) is 17.8 Å². The van der Waals surface area contributed by atoms with E-state index in [1.54, 1.807) is 11.8 Å². The lowest BCUT2D eigenvalue weighted by Gasteiger charge is -2.41. The molecule has 3 aliphatic rings. The minimum Gasteiger partial charge on any atom is -0.337 e. The molecule has 6 atom stereocenters. The molecule has 3 rings (SSSR count). The van der Waals surface area contributed by atoms with Crippen molar-refractivity contribution < 1.29 is 13.2 Å². The smallest absolute Gasteiger partial charge is 0.227 e. The Balaban J connectivity index is 0.00000161. The van der Waals surface area contributed by atoms with E-state index in [1.165, 1.54) is 0 Å². The zero-order chi connectivity index (χ0) is 14.7. The molecule has 2 aliphatic carbocycles. The third-order valence-electron chi connectivity index (χ3n) is 5.90. The Hall–Kier alpha value is -0.330. The van der Waals surface area contributed by atoms with Gasteiger partial charge in [-0.05, 0) is 44.9 Å². The predicted molar refractivity (Wildman–Crippen MR) is 84.0 cm³/mol. The van der Waals surface area contributed by atoms with Gasteiger partial charge in [-0.25, -0.2) is 8.42 Å². The van der Waals surface area contributed by atoms with Gasteiger partial charge in [-0.2, -0.15) is 0 Å². The third-order valence-corrected chi connectivity index (χ3v) is 8.18. The second kappa shape index (κ2) is 5.70. The van der Waals surface area contributed by atoms with Crippen LogP contribution in [0.5, 0.6) is 0 Å². The number of fused-ring (bicyclic) bond motifs is 2. The van der Waals surface area contributed by atoms with E-state index >= 15 is 0 Å². The van der Waals surface area contributed by atoms with Gasteiger partial charge in [-0.15, -0.1) is 12.4 Å². The maximum Gasteiger partial charge on any atom is 0.227 e. The van der Waals surface area contributed by atoms with Crippen LogP contribution in [0.25, 0.3) is 0 Å². The van der Waals surface area contributed by atoms with Crippen LogP contribution < -0.4 is 5.73 Å². The highest BCUT2D eigenvalue weighted by Crippen LogP contribution is 2.48. The summed E-state index contributed by atoms with van der Waals surface area (Å²) in [5, 5.41) is -0.477. The molecule has 3 fully saturated rings. The summed E-state index contributed by atoms with van der Waals surface area (Å²) >= 11 is 0. The first-order valence-corrected chi connectivity index (χ1v) is 9.32. The van der Waals surface area contributed by atoms with Gasteiger partial charge in [0.25, 0.3) is 0 Å². The lowest BCUT2D eigenvalue weighted by molar-refractivity contribution is -0.139. The topological polar surface area (TPSA) is 80.5 Å². The number of hydrogen-bond donors (Lipinski definition) is 1. The van der Waals surface area contributed by atoms with E-state index in [9.17, 15) is 13.2 Å². The molecule has 6 unspecified atom stereocenters. The van der Waals surface area contributed by atoms with Crippen LogP contribution in [-0.4, -0.2) is 48.9 Å². The Morgan fingerprint density at radius 1 is 1.19 bits per heavy atom.